The third-order valence-corrected chi connectivity index (χ3v) is 14.7. The Morgan fingerprint density at radius 1 is 0.500 bits per heavy atom. The van der Waals surface area contributed by atoms with Crippen LogP contribution >= 0.6 is 0 Å². The second-order valence-corrected chi connectivity index (χ2v) is 19.1. The van der Waals surface area contributed by atoms with Crippen LogP contribution in [0.3, 0.4) is 0 Å². The molecule has 2 aliphatic heterocycles. The predicted octanol–water partition coefficient (Wildman–Crippen LogP) is 8.98. The summed E-state index contributed by atoms with van der Waals surface area (Å²) in [5.74, 6) is -11.0. The molecular formula is C60H49F2N7O5. The third-order valence-electron chi connectivity index (χ3n) is 14.7. The van der Waals surface area contributed by atoms with E-state index in [4.69, 9.17) is 0 Å². The van der Waals surface area contributed by atoms with Crippen molar-refractivity contribution in [3.05, 3.63) is 212 Å². The molecule has 2 aliphatic rings. The lowest BCUT2D eigenvalue weighted by Gasteiger charge is -2.52. The Labute approximate surface area is 427 Å². The molecule has 0 bridgehead atoms. The molecule has 0 radical (unpaired) electrons. The lowest BCUT2D eigenvalue weighted by molar-refractivity contribution is -0.146. The van der Waals surface area contributed by atoms with E-state index in [1.54, 1.807) is 72.2 Å². The molecule has 6 aromatic rings. The summed E-state index contributed by atoms with van der Waals surface area (Å²) in [7, 11) is 3.04. The van der Waals surface area contributed by atoms with E-state index in [1.807, 2.05) is 0 Å². The number of halogens is 2. The highest BCUT2D eigenvalue weighted by Gasteiger charge is 2.53. The van der Waals surface area contributed by atoms with E-state index >= 15 is 32.8 Å². The third kappa shape index (κ3) is 9.90. The van der Waals surface area contributed by atoms with E-state index in [2.05, 4.69) is 24.3 Å². The van der Waals surface area contributed by atoms with Crippen molar-refractivity contribution in [2.24, 2.45) is 23.7 Å². The van der Waals surface area contributed by atoms with Gasteiger partial charge in [0.25, 0.3) is 5.91 Å². The molecule has 2 fully saturated rings. The van der Waals surface area contributed by atoms with Gasteiger partial charge in [-0.1, -0.05) is 84.9 Å². The minimum Gasteiger partial charge on any atom is -0.346 e. The average Bonchev–Trinajstić information content (AvgIpc) is 3.43. The molecule has 368 valence electrons. The van der Waals surface area contributed by atoms with Gasteiger partial charge >= 0.3 is 0 Å². The van der Waals surface area contributed by atoms with Crippen molar-refractivity contribution in [1.29, 1.82) is 21.0 Å². The fourth-order valence-electron chi connectivity index (χ4n) is 11.1. The Hall–Kier alpha value is -8.79. The molecular weight excluding hydrogens is 937 g/mol. The molecule has 1 amide bonds. The van der Waals surface area contributed by atoms with E-state index in [0.29, 0.717) is 11.1 Å². The first-order valence-corrected chi connectivity index (χ1v) is 24.0. The molecule has 0 saturated carbocycles. The zero-order chi connectivity index (χ0) is 53.0. The zero-order valence-corrected chi connectivity index (χ0v) is 41.0. The summed E-state index contributed by atoms with van der Waals surface area (Å²) in [6, 6.07) is 41.6. The summed E-state index contributed by atoms with van der Waals surface area (Å²) >= 11 is 0. The van der Waals surface area contributed by atoms with Gasteiger partial charge in [0.2, 0.25) is 0 Å². The van der Waals surface area contributed by atoms with Crippen molar-refractivity contribution in [2.75, 3.05) is 40.3 Å². The van der Waals surface area contributed by atoms with Crippen LogP contribution in [0, 0.1) is 94.5 Å². The summed E-state index contributed by atoms with van der Waals surface area (Å²) in [6.45, 7) is 2.10. The molecule has 0 aliphatic carbocycles. The van der Waals surface area contributed by atoms with Gasteiger partial charge in [-0.05, 0) is 84.6 Å². The Kier molecular flexibility index (Phi) is 15.3. The van der Waals surface area contributed by atoms with Gasteiger partial charge in [0.15, 0.2) is 23.1 Å². The molecule has 1 unspecified atom stereocenters. The highest BCUT2D eigenvalue weighted by molar-refractivity contribution is 6.05. The van der Waals surface area contributed by atoms with Gasteiger partial charge in [0, 0.05) is 98.0 Å². The highest BCUT2D eigenvalue weighted by atomic mass is 19.1. The maximum atomic E-state index is 15.8. The van der Waals surface area contributed by atoms with Gasteiger partial charge in [0.05, 0.1) is 46.5 Å². The molecule has 7 atom stereocenters. The van der Waals surface area contributed by atoms with Gasteiger partial charge in [-0.3, -0.25) is 33.8 Å². The molecule has 2 saturated heterocycles. The molecule has 6 aromatic carbocycles. The van der Waals surface area contributed by atoms with Crippen molar-refractivity contribution in [3.8, 4) is 24.3 Å². The number of hydrogen-bond acceptors (Lipinski definition) is 11. The number of benzene rings is 6. The van der Waals surface area contributed by atoms with E-state index in [9.17, 15) is 21.0 Å². The molecule has 0 N–H and O–H groups in total. The lowest BCUT2D eigenvalue weighted by Crippen LogP contribution is -2.65. The maximum Gasteiger partial charge on any atom is 0.254 e. The Balaban J connectivity index is 1.37. The molecule has 74 heavy (non-hydrogen) atoms. The minimum atomic E-state index is -1.43. The van der Waals surface area contributed by atoms with Crippen LogP contribution in [0.2, 0.25) is 0 Å². The van der Waals surface area contributed by atoms with Gasteiger partial charge < -0.3 is 4.90 Å². The average molecular weight is 986 g/mol. The Morgan fingerprint density at radius 2 is 0.865 bits per heavy atom. The first kappa shape index (κ1) is 51.6. The first-order chi connectivity index (χ1) is 35.6. The van der Waals surface area contributed by atoms with Crippen molar-refractivity contribution in [2.45, 2.75) is 31.8 Å². The lowest BCUT2D eigenvalue weighted by atomic mass is 9.66. The standard InChI is InChI=1S/C60H49F2N7O5/c1-35-43(21-11-23-51(35)61)53-47(55(70)39-17-9-13-37(25-39)27-63)31-68(32-48(53)56(71)40-18-10-14-38(26-40)28-64)59(60(74)67(3)4)69-33-49(57(72)45-19-7-5-15-41(45)29-65)54(44-22-12-24-52(62)36(44)2)50(34-69)58(73)46-20-8-6-16-42(46)30-66/h5-26,47-50,53-54,59H,31-34H2,1-4H3/t47-,48+,49-,50+,53-,54-,59?. The second-order valence-electron chi connectivity index (χ2n) is 19.1. The largest absolute Gasteiger partial charge is 0.346 e. The molecule has 0 aromatic heterocycles. The first-order valence-electron chi connectivity index (χ1n) is 24.0. The summed E-state index contributed by atoms with van der Waals surface area (Å²) in [5.41, 5.74) is 1.81. The van der Waals surface area contributed by atoms with Crippen LogP contribution in [0.4, 0.5) is 8.78 Å². The number of hydrogen-bond donors (Lipinski definition) is 0. The number of nitrogens with zero attached hydrogens (tertiary/aromatic N) is 7. The smallest absolute Gasteiger partial charge is 0.254 e. The SMILES string of the molecule is Cc1c(F)cccc1[C@H]1[C@@H](C(=O)c2cccc(C#N)c2)CN(C(C(=O)N(C)C)N2C[C@H](C(=O)c3ccccc3C#N)[C@H](c3cccc(F)c3C)[C@H](C(=O)c3ccccc3C#N)C2)C[C@H]1C(=O)c1cccc(C#N)c1. The highest BCUT2D eigenvalue weighted by Crippen LogP contribution is 2.47. The molecule has 14 heteroatoms. The number of carbonyl (C=O) groups is 5. The molecule has 2 heterocycles. The number of amides is 1. The van der Waals surface area contributed by atoms with Crippen LogP contribution in [0.5, 0.6) is 0 Å². The van der Waals surface area contributed by atoms with E-state index in [-0.39, 0.29) is 81.8 Å². The zero-order valence-electron chi connectivity index (χ0n) is 41.0. The molecule has 8 rings (SSSR count). The molecule has 0 spiro atoms. The number of rotatable bonds is 13. The summed E-state index contributed by atoms with van der Waals surface area (Å²) in [6.07, 6.45) is -1.43. The monoisotopic (exact) mass is 985 g/mol. The van der Waals surface area contributed by atoms with Crippen molar-refractivity contribution in [3.63, 3.8) is 0 Å². The van der Waals surface area contributed by atoms with Crippen LogP contribution < -0.4 is 0 Å². The number of likely N-dealkylation sites (tertiary alicyclic amines) is 2. The number of ketones is 4. The summed E-state index contributed by atoms with van der Waals surface area (Å²) in [4.78, 5) is 81.8. The van der Waals surface area contributed by atoms with Gasteiger partial charge in [-0.25, -0.2) is 8.78 Å². The van der Waals surface area contributed by atoms with Crippen LogP contribution in [-0.4, -0.2) is 90.2 Å². The second kappa shape index (κ2) is 21.9. The van der Waals surface area contributed by atoms with Gasteiger partial charge in [-0.2, -0.15) is 21.0 Å². The van der Waals surface area contributed by atoms with Crippen molar-refractivity contribution < 1.29 is 32.8 Å². The van der Waals surface area contributed by atoms with E-state index in [1.165, 1.54) is 104 Å². The van der Waals surface area contributed by atoms with Crippen molar-refractivity contribution in [1.82, 2.24) is 14.7 Å². The van der Waals surface area contributed by atoms with Crippen LogP contribution in [0.1, 0.15) is 97.8 Å². The number of nitriles is 4. The van der Waals surface area contributed by atoms with Crippen LogP contribution in [-0.2, 0) is 4.79 Å². The number of likely N-dealkylation sites (N-methyl/N-ethyl adjacent to an activating group) is 1. The number of piperidine rings is 2. The predicted molar refractivity (Wildman–Crippen MR) is 269 cm³/mol. The van der Waals surface area contributed by atoms with E-state index in [0.717, 1.165) is 0 Å². The fraction of sp³-hybridized carbons (Fsp3) is 0.250. The summed E-state index contributed by atoms with van der Waals surface area (Å²) in [5, 5.41) is 40.5. The summed E-state index contributed by atoms with van der Waals surface area (Å²) < 4.78 is 31.6. The minimum absolute atomic E-state index is 0.0295. The van der Waals surface area contributed by atoms with E-state index < -0.39 is 82.3 Å². The quantitative estimate of drug-likeness (QED) is 0.100. The van der Waals surface area contributed by atoms with Crippen LogP contribution in [0.25, 0.3) is 0 Å². The Bertz CT molecular complexity index is 3260. The number of Topliss-reactive ketones (excluding diaryl/α,β-unsaturated/α-hetero) is 4. The van der Waals surface area contributed by atoms with Gasteiger partial charge in [0.1, 0.15) is 17.8 Å². The van der Waals surface area contributed by atoms with Gasteiger partial charge in [-0.15, -0.1) is 0 Å². The van der Waals surface area contributed by atoms with Crippen molar-refractivity contribution >= 4 is 29.0 Å². The fourth-order valence-corrected chi connectivity index (χ4v) is 11.1. The normalized spacial score (nSPS) is 20.1. The maximum absolute atomic E-state index is 15.8. The Morgan fingerprint density at radius 3 is 1.23 bits per heavy atom. The topological polar surface area (TPSA) is 190 Å². The number of carbonyl (C=O) groups excluding carboxylic acids is 5. The van der Waals surface area contributed by atoms with Crippen LogP contribution in [0.15, 0.2) is 133 Å². The molecule has 12 nitrogen and oxygen atoms in total.